The topological polar surface area (TPSA) is 64.4 Å². The first-order valence-electron chi connectivity index (χ1n) is 12.6. The summed E-state index contributed by atoms with van der Waals surface area (Å²) in [5.41, 5.74) is 4.08. The van der Waals surface area contributed by atoms with Gasteiger partial charge in [0.2, 0.25) is 0 Å². The summed E-state index contributed by atoms with van der Waals surface area (Å²) in [5.74, 6) is -2.74. The minimum absolute atomic E-state index is 0.00245. The van der Waals surface area contributed by atoms with E-state index in [0.717, 1.165) is 36.2 Å². The fraction of sp³-hybridized carbons (Fsp3) is 0.241. The van der Waals surface area contributed by atoms with Crippen molar-refractivity contribution in [1.29, 1.82) is 0 Å². The van der Waals surface area contributed by atoms with Gasteiger partial charge in [0.05, 0.1) is 28.5 Å². The van der Waals surface area contributed by atoms with E-state index in [1.807, 2.05) is 22.8 Å². The molecule has 0 bridgehead atoms. The predicted molar refractivity (Wildman–Crippen MR) is 156 cm³/mol. The molecule has 0 saturated carbocycles. The van der Waals surface area contributed by atoms with Crippen molar-refractivity contribution in [2.45, 2.75) is 42.3 Å². The van der Waals surface area contributed by atoms with Crippen molar-refractivity contribution in [2.75, 3.05) is 7.11 Å². The molecule has 14 heteroatoms. The van der Waals surface area contributed by atoms with Crippen LogP contribution in [-0.4, -0.2) is 33.9 Å². The number of aryl methyl sites for hydroxylation is 1. The van der Waals surface area contributed by atoms with Gasteiger partial charge in [-0.05, 0) is 67.3 Å². The molecular formula is C29H22Cl3F5N2O3S. The first-order chi connectivity index (χ1) is 20.3. The van der Waals surface area contributed by atoms with Gasteiger partial charge < -0.3 is 9.84 Å². The summed E-state index contributed by atoms with van der Waals surface area (Å²) >= 11 is 20.1. The Balaban J connectivity index is 0.000000541. The van der Waals surface area contributed by atoms with Crippen LogP contribution in [0.5, 0.6) is 5.75 Å². The lowest BCUT2D eigenvalue weighted by molar-refractivity contribution is -0.192. The molecule has 1 unspecified atom stereocenters. The van der Waals surface area contributed by atoms with Crippen molar-refractivity contribution in [1.82, 2.24) is 9.55 Å². The van der Waals surface area contributed by atoms with Crippen molar-refractivity contribution < 1.29 is 36.6 Å². The van der Waals surface area contributed by atoms with Gasteiger partial charge >= 0.3 is 12.1 Å². The van der Waals surface area contributed by atoms with E-state index >= 15 is 0 Å². The second-order valence-electron chi connectivity index (χ2n) is 9.29. The molecule has 228 valence electrons. The predicted octanol–water partition coefficient (Wildman–Crippen LogP) is 9.51. The van der Waals surface area contributed by atoms with Gasteiger partial charge in [-0.2, -0.15) is 13.2 Å². The van der Waals surface area contributed by atoms with Crippen LogP contribution in [0.2, 0.25) is 15.1 Å². The molecule has 1 N–H and O–H groups in total. The van der Waals surface area contributed by atoms with E-state index in [1.54, 1.807) is 31.4 Å². The Labute approximate surface area is 262 Å². The normalized spacial score (nSPS) is 14.5. The molecule has 0 fully saturated rings. The number of carbonyl (C=O) groups is 1. The van der Waals surface area contributed by atoms with Crippen LogP contribution in [0.3, 0.4) is 0 Å². The number of aromatic nitrogens is 2. The maximum Gasteiger partial charge on any atom is 0.490 e. The first kappa shape index (κ1) is 32.9. The molecule has 0 amide bonds. The highest BCUT2D eigenvalue weighted by atomic mass is 35.5. The number of thioether (sulfide) groups is 1. The molecule has 4 aromatic rings. The van der Waals surface area contributed by atoms with Gasteiger partial charge in [0.15, 0.2) is 5.16 Å². The summed E-state index contributed by atoms with van der Waals surface area (Å²) in [6.07, 6.45) is -2.44. The number of fused-ring (bicyclic) bond motifs is 1. The molecule has 43 heavy (non-hydrogen) atoms. The van der Waals surface area contributed by atoms with E-state index in [0.29, 0.717) is 32.2 Å². The number of imidazole rings is 1. The third kappa shape index (κ3) is 7.57. The lowest BCUT2D eigenvalue weighted by Crippen LogP contribution is -2.21. The van der Waals surface area contributed by atoms with Crippen LogP contribution in [0, 0.1) is 11.6 Å². The zero-order valence-electron chi connectivity index (χ0n) is 22.2. The number of halogens is 8. The van der Waals surface area contributed by atoms with Gasteiger partial charge in [0.1, 0.15) is 17.4 Å². The minimum atomic E-state index is -5.08. The number of hydrogen-bond acceptors (Lipinski definition) is 4. The number of ether oxygens (including phenoxy) is 1. The zero-order chi connectivity index (χ0) is 31.5. The molecule has 0 radical (unpaired) electrons. The molecule has 1 aliphatic carbocycles. The third-order valence-electron chi connectivity index (χ3n) is 6.58. The van der Waals surface area contributed by atoms with Crippen LogP contribution in [0.1, 0.15) is 41.3 Å². The molecule has 5 rings (SSSR count). The lowest BCUT2D eigenvalue weighted by Gasteiger charge is -2.26. The Kier molecular flexibility index (Phi) is 10.5. The fourth-order valence-corrected chi connectivity index (χ4v) is 6.35. The van der Waals surface area contributed by atoms with Crippen LogP contribution >= 0.6 is 46.6 Å². The van der Waals surface area contributed by atoms with E-state index in [1.165, 1.54) is 23.9 Å². The quantitative estimate of drug-likeness (QED) is 0.163. The van der Waals surface area contributed by atoms with Crippen LogP contribution < -0.4 is 4.74 Å². The second-order valence-corrected chi connectivity index (χ2v) is 11.5. The van der Waals surface area contributed by atoms with Gasteiger partial charge in [-0.15, -0.1) is 0 Å². The molecule has 0 aliphatic heterocycles. The summed E-state index contributed by atoms with van der Waals surface area (Å²) < 4.78 is 67.7. The van der Waals surface area contributed by atoms with Crippen molar-refractivity contribution >= 4 is 52.5 Å². The number of nitrogens with zero attached hydrogens (tertiary/aromatic N) is 2. The van der Waals surface area contributed by atoms with Gasteiger partial charge in [-0.3, -0.25) is 4.57 Å². The van der Waals surface area contributed by atoms with Crippen molar-refractivity contribution in [3.8, 4) is 11.4 Å². The molecule has 0 spiro atoms. The third-order valence-corrected chi connectivity index (χ3v) is 8.50. The van der Waals surface area contributed by atoms with Crippen molar-refractivity contribution in [3.05, 3.63) is 104 Å². The van der Waals surface area contributed by atoms with E-state index in [4.69, 9.17) is 54.4 Å². The number of alkyl halides is 3. The molecule has 3 aromatic carbocycles. The van der Waals surface area contributed by atoms with Crippen molar-refractivity contribution in [3.63, 3.8) is 0 Å². The Bertz CT molecular complexity index is 1630. The fourth-order valence-electron chi connectivity index (χ4n) is 4.60. The van der Waals surface area contributed by atoms with Crippen LogP contribution in [0.15, 0.2) is 59.8 Å². The standard InChI is InChI=1S/C27H21Cl3F2N2OS.C2HF3O2/c1-35-25-12-15(8-10-20(25)29)17-4-2-7-24-26(17)34(16-9-11-23(32)21(30)13-16)27(33-24)36-14-18-19(28)5-3-6-22(18)31;3-2(4,5)1(6)7/h3,5-6,8-13,17H,2,4,7,14H2,1H3;(H,6,7). The highest BCUT2D eigenvalue weighted by molar-refractivity contribution is 7.98. The zero-order valence-corrected chi connectivity index (χ0v) is 25.3. The monoisotopic (exact) mass is 678 g/mol. The van der Waals surface area contributed by atoms with Crippen LogP contribution in [-0.2, 0) is 17.0 Å². The molecule has 1 heterocycles. The maximum atomic E-state index is 14.5. The number of aliphatic carboxylic acids is 1. The highest BCUT2D eigenvalue weighted by Crippen LogP contribution is 2.43. The van der Waals surface area contributed by atoms with E-state index < -0.39 is 18.0 Å². The number of methoxy groups -OCH3 is 1. The molecule has 0 saturated heterocycles. The number of rotatable bonds is 6. The molecular weight excluding hydrogens is 658 g/mol. The van der Waals surface area contributed by atoms with Gasteiger partial charge in [-0.1, -0.05) is 58.7 Å². The molecule has 5 nitrogen and oxygen atoms in total. The lowest BCUT2D eigenvalue weighted by atomic mass is 9.84. The van der Waals surface area contributed by atoms with Gasteiger partial charge in [0, 0.05) is 27.9 Å². The van der Waals surface area contributed by atoms with Crippen molar-refractivity contribution in [2.24, 2.45) is 0 Å². The summed E-state index contributed by atoms with van der Waals surface area (Å²) in [4.78, 5) is 13.9. The van der Waals surface area contributed by atoms with Crippen LogP contribution in [0.25, 0.3) is 5.69 Å². The molecule has 1 aliphatic rings. The number of benzene rings is 3. The first-order valence-corrected chi connectivity index (χ1v) is 14.7. The Morgan fingerprint density at radius 3 is 2.40 bits per heavy atom. The molecule has 1 atom stereocenters. The highest BCUT2D eigenvalue weighted by Gasteiger charge is 2.38. The number of carboxylic acids is 1. The Hall–Kier alpha value is -2.99. The average molecular weight is 680 g/mol. The summed E-state index contributed by atoms with van der Waals surface area (Å²) in [6.45, 7) is 0. The van der Waals surface area contributed by atoms with E-state index in [2.05, 4.69) is 0 Å². The Morgan fingerprint density at radius 1 is 1.05 bits per heavy atom. The SMILES string of the molecule is COc1cc(C2CCCc3nc(SCc4c(F)cccc4Cl)n(-c4ccc(F)c(Cl)c4)c32)ccc1Cl.O=C(O)C(F)(F)F. The minimum Gasteiger partial charge on any atom is -0.495 e. The molecule has 1 aromatic heterocycles. The Morgan fingerprint density at radius 2 is 1.77 bits per heavy atom. The summed E-state index contributed by atoms with van der Waals surface area (Å²) in [7, 11) is 1.59. The van der Waals surface area contributed by atoms with Crippen LogP contribution in [0.4, 0.5) is 22.0 Å². The second kappa shape index (κ2) is 13.8. The smallest absolute Gasteiger partial charge is 0.490 e. The average Bonchev–Trinajstić information content (AvgIpc) is 3.33. The van der Waals surface area contributed by atoms with E-state index in [-0.39, 0.29) is 22.5 Å². The summed E-state index contributed by atoms with van der Waals surface area (Å²) in [6, 6.07) is 15.0. The maximum absolute atomic E-state index is 14.5. The number of carboxylic acid groups (broad SMARTS) is 1. The van der Waals surface area contributed by atoms with E-state index in [9.17, 15) is 22.0 Å². The number of hydrogen-bond donors (Lipinski definition) is 1. The van der Waals surface area contributed by atoms with Gasteiger partial charge in [-0.25, -0.2) is 18.6 Å². The summed E-state index contributed by atoms with van der Waals surface area (Å²) in [5, 5.41) is 8.70. The largest absolute Gasteiger partial charge is 0.495 e. The van der Waals surface area contributed by atoms with Gasteiger partial charge in [0.25, 0.3) is 0 Å².